The van der Waals surface area contributed by atoms with Crippen LogP contribution in [0.2, 0.25) is 0 Å². The molecule has 2 aromatic carbocycles. The zero-order valence-electron chi connectivity index (χ0n) is 16.9. The highest BCUT2D eigenvalue weighted by Crippen LogP contribution is 2.25. The molecule has 1 aliphatic rings. The van der Waals surface area contributed by atoms with Crippen molar-refractivity contribution in [2.45, 2.75) is 4.90 Å². The number of ether oxygens (including phenoxy) is 1. The fourth-order valence-corrected chi connectivity index (χ4v) is 5.22. The first-order chi connectivity index (χ1) is 15.4. The van der Waals surface area contributed by atoms with Crippen molar-refractivity contribution < 1.29 is 22.3 Å². The van der Waals surface area contributed by atoms with Gasteiger partial charge in [0.05, 0.1) is 23.8 Å². The Balaban J connectivity index is 1.37. The molecule has 2 heterocycles. The number of nitrogens with zero attached hydrogens (tertiary/aromatic N) is 2. The summed E-state index contributed by atoms with van der Waals surface area (Å²) in [6, 6.07) is 12.3. The molecule has 7 nitrogen and oxygen atoms in total. The van der Waals surface area contributed by atoms with E-state index >= 15 is 0 Å². The van der Waals surface area contributed by atoms with Gasteiger partial charge in [-0.3, -0.25) is 10.1 Å². The molecular formula is C22H20FN3O4S2. The Morgan fingerprint density at radius 3 is 2.47 bits per heavy atom. The van der Waals surface area contributed by atoms with Crippen LogP contribution in [0.25, 0.3) is 17.3 Å². The lowest BCUT2D eigenvalue weighted by Gasteiger charge is -2.26. The molecule has 1 amide bonds. The Bertz CT molecular complexity index is 1220. The van der Waals surface area contributed by atoms with Crippen LogP contribution in [-0.2, 0) is 19.6 Å². The summed E-state index contributed by atoms with van der Waals surface area (Å²) < 4.78 is 45.0. The third-order valence-corrected chi connectivity index (χ3v) is 7.46. The van der Waals surface area contributed by atoms with Crippen molar-refractivity contribution in [2.24, 2.45) is 0 Å². The largest absolute Gasteiger partial charge is 0.379 e. The van der Waals surface area contributed by atoms with Crippen molar-refractivity contribution in [3.63, 3.8) is 0 Å². The smallest absolute Gasteiger partial charge is 0.250 e. The number of sulfonamides is 1. The van der Waals surface area contributed by atoms with Gasteiger partial charge in [-0.15, -0.1) is 11.3 Å². The quantitative estimate of drug-likeness (QED) is 0.553. The fourth-order valence-electron chi connectivity index (χ4n) is 3.09. The van der Waals surface area contributed by atoms with E-state index in [1.54, 1.807) is 35.7 Å². The van der Waals surface area contributed by atoms with Crippen LogP contribution in [-0.4, -0.2) is 49.9 Å². The summed E-state index contributed by atoms with van der Waals surface area (Å²) in [6.45, 7) is 1.45. The third-order valence-electron chi connectivity index (χ3n) is 4.79. The average molecular weight is 474 g/mol. The van der Waals surface area contributed by atoms with E-state index in [0.717, 1.165) is 5.56 Å². The number of thiazole rings is 1. The van der Waals surface area contributed by atoms with Crippen LogP contribution >= 0.6 is 11.3 Å². The predicted octanol–water partition coefficient (Wildman–Crippen LogP) is 3.62. The third kappa shape index (κ3) is 5.28. The van der Waals surface area contributed by atoms with Crippen molar-refractivity contribution in [1.82, 2.24) is 9.29 Å². The summed E-state index contributed by atoms with van der Waals surface area (Å²) in [5.74, 6) is -0.690. The minimum Gasteiger partial charge on any atom is -0.379 e. The molecule has 0 saturated carbocycles. The number of anilines is 1. The maximum Gasteiger partial charge on any atom is 0.250 e. The molecule has 32 heavy (non-hydrogen) atoms. The van der Waals surface area contributed by atoms with Crippen molar-refractivity contribution >= 4 is 38.5 Å². The summed E-state index contributed by atoms with van der Waals surface area (Å²) in [5, 5.41) is 4.89. The monoisotopic (exact) mass is 473 g/mol. The van der Waals surface area contributed by atoms with E-state index in [9.17, 15) is 17.6 Å². The second kappa shape index (κ2) is 9.70. The number of rotatable bonds is 6. The molecule has 4 rings (SSSR count). The Kier molecular flexibility index (Phi) is 6.75. The van der Waals surface area contributed by atoms with Gasteiger partial charge in [0.15, 0.2) is 5.13 Å². The molecular weight excluding hydrogens is 453 g/mol. The van der Waals surface area contributed by atoms with Crippen molar-refractivity contribution in [3.8, 4) is 11.3 Å². The molecule has 3 aromatic rings. The van der Waals surface area contributed by atoms with Gasteiger partial charge in [0.1, 0.15) is 5.82 Å². The number of halogens is 1. The number of amides is 1. The number of hydrogen-bond donors (Lipinski definition) is 1. The Labute approximate surface area is 189 Å². The lowest BCUT2D eigenvalue weighted by Crippen LogP contribution is -2.40. The zero-order valence-corrected chi connectivity index (χ0v) is 18.5. The average Bonchev–Trinajstić information content (AvgIpc) is 3.27. The molecule has 1 saturated heterocycles. The van der Waals surface area contributed by atoms with Crippen LogP contribution in [0.4, 0.5) is 9.52 Å². The van der Waals surface area contributed by atoms with Crippen molar-refractivity contribution in [2.75, 3.05) is 31.6 Å². The van der Waals surface area contributed by atoms with Gasteiger partial charge in [-0.05, 0) is 48.0 Å². The number of benzene rings is 2. The van der Waals surface area contributed by atoms with E-state index in [1.807, 2.05) is 0 Å². The van der Waals surface area contributed by atoms with Gasteiger partial charge in [0.2, 0.25) is 15.9 Å². The van der Waals surface area contributed by atoms with E-state index in [1.165, 1.54) is 46.0 Å². The highest BCUT2D eigenvalue weighted by molar-refractivity contribution is 7.89. The van der Waals surface area contributed by atoms with Crippen LogP contribution in [0.5, 0.6) is 0 Å². The number of nitrogens with one attached hydrogen (secondary N) is 1. The fraction of sp³-hybridized carbons (Fsp3) is 0.182. The van der Waals surface area contributed by atoms with E-state index in [4.69, 9.17) is 4.74 Å². The van der Waals surface area contributed by atoms with Crippen molar-refractivity contribution in [1.29, 1.82) is 0 Å². The number of hydrogen-bond acceptors (Lipinski definition) is 6. The molecule has 0 atom stereocenters. The van der Waals surface area contributed by atoms with Gasteiger partial charge in [0.25, 0.3) is 0 Å². The molecule has 1 aromatic heterocycles. The summed E-state index contributed by atoms with van der Waals surface area (Å²) in [5.41, 5.74) is 2.09. The Hall–Kier alpha value is -2.92. The van der Waals surface area contributed by atoms with Crippen LogP contribution < -0.4 is 5.32 Å². The van der Waals surface area contributed by atoms with E-state index in [-0.39, 0.29) is 16.6 Å². The molecule has 0 spiro atoms. The standard InChI is InChI=1S/C22H20FN3O4S2/c23-18-6-4-17(5-7-18)20-15-31-22(24-20)25-21(27)10-3-16-1-8-19(9-2-16)32(28,29)26-11-13-30-14-12-26/h1-10,15H,11-14H2,(H,24,25,27)/b10-3+. The Morgan fingerprint density at radius 2 is 1.78 bits per heavy atom. The zero-order chi connectivity index (χ0) is 22.6. The van der Waals surface area contributed by atoms with Gasteiger partial charge >= 0.3 is 0 Å². The van der Waals surface area contributed by atoms with Gasteiger partial charge < -0.3 is 4.74 Å². The van der Waals surface area contributed by atoms with Crippen LogP contribution in [0.1, 0.15) is 5.56 Å². The van der Waals surface area contributed by atoms with Gasteiger partial charge in [-0.1, -0.05) is 12.1 Å². The molecule has 0 radical (unpaired) electrons. The summed E-state index contributed by atoms with van der Waals surface area (Å²) in [6.07, 6.45) is 2.94. The molecule has 0 bridgehead atoms. The number of aromatic nitrogens is 1. The SMILES string of the molecule is O=C(/C=C/c1ccc(S(=O)(=O)N2CCOCC2)cc1)Nc1nc(-c2ccc(F)cc2)cs1. The highest BCUT2D eigenvalue weighted by Gasteiger charge is 2.25. The first-order valence-corrected chi connectivity index (χ1v) is 12.1. The van der Waals surface area contributed by atoms with E-state index in [0.29, 0.717) is 42.7 Å². The van der Waals surface area contributed by atoms with Crippen molar-refractivity contribution in [3.05, 3.63) is 71.4 Å². The summed E-state index contributed by atoms with van der Waals surface area (Å²) >= 11 is 1.27. The first kappa shape index (κ1) is 22.3. The molecule has 1 fully saturated rings. The van der Waals surface area contributed by atoms with Crippen LogP contribution in [0.3, 0.4) is 0 Å². The number of carbonyl (C=O) groups excluding carboxylic acids is 1. The highest BCUT2D eigenvalue weighted by atomic mass is 32.2. The topological polar surface area (TPSA) is 88.6 Å². The van der Waals surface area contributed by atoms with Gasteiger partial charge in [0, 0.05) is 30.1 Å². The maximum atomic E-state index is 13.1. The van der Waals surface area contributed by atoms with E-state index in [2.05, 4.69) is 10.3 Å². The van der Waals surface area contributed by atoms with E-state index < -0.39 is 10.0 Å². The summed E-state index contributed by atoms with van der Waals surface area (Å²) in [4.78, 5) is 16.8. The first-order valence-electron chi connectivity index (χ1n) is 9.80. The minimum absolute atomic E-state index is 0.206. The Morgan fingerprint density at radius 1 is 1.09 bits per heavy atom. The number of carbonyl (C=O) groups is 1. The lowest BCUT2D eigenvalue weighted by molar-refractivity contribution is -0.111. The van der Waals surface area contributed by atoms with Gasteiger partial charge in [-0.25, -0.2) is 17.8 Å². The second-order valence-corrected chi connectivity index (χ2v) is 9.75. The normalized spacial score (nSPS) is 15.2. The molecule has 10 heteroatoms. The number of morpholine rings is 1. The molecule has 1 aliphatic heterocycles. The molecule has 1 N–H and O–H groups in total. The van der Waals surface area contributed by atoms with Crippen LogP contribution in [0, 0.1) is 5.82 Å². The molecule has 0 unspecified atom stereocenters. The van der Waals surface area contributed by atoms with Crippen LogP contribution in [0.15, 0.2) is 64.9 Å². The van der Waals surface area contributed by atoms with Gasteiger partial charge in [-0.2, -0.15) is 4.31 Å². The maximum absolute atomic E-state index is 13.1. The molecule has 166 valence electrons. The summed E-state index contributed by atoms with van der Waals surface area (Å²) in [7, 11) is -3.55. The predicted molar refractivity (Wildman–Crippen MR) is 121 cm³/mol. The molecule has 0 aliphatic carbocycles. The minimum atomic E-state index is -3.55. The lowest BCUT2D eigenvalue weighted by atomic mass is 10.2. The second-order valence-electron chi connectivity index (χ2n) is 6.95.